The van der Waals surface area contributed by atoms with Crippen molar-refractivity contribution >= 4 is 40.8 Å². The Morgan fingerprint density at radius 3 is 2.12 bits per heavy atom. The molecule has 1 aromatic rings. The normalized spacial score (nSPS) is 18.0. The fourth-order valence-electron chi connectivity index (χ4n) is 3.19. The van der Waals surface area contributed by atoms with Crippen LogP contribution in [0.25, 0.3) is 0 Å². The predicted octanol–water partition coefficient (Wildman–Crippen LogP) is 6.28. The summed E-state index contributed by atoms with van der Waals surface area (Å²) in [6.45, 7) is -0.402. The van der Waals surface area contributed by atoms with Crippen LogP contribution in [-0.4, -0.2) is 16.4 Å². The minimum Gasteiger partial charge on any atom is -0.461 e. The van der Waals surface area contributed by atoms with Gasteiger partial charge in [-0.15, -0.1) is 0 Å². The lowest BCUT2D eigenvalue weighted by Gasteiger charge is -2.29. The maximum Gasteiger partial charge on any atom is 0.416 e. The number of hydrogen-bond donors (Lipinski definition) is 0. The van der Waals surface area contributed by atoms with Crippen LogP contribution in [0.3, 0.4) is 0 Å². The third kappa shape index (κ3) is 6.22. The highest BCUT2D eigenvalue weighted by Gasteiger charge is 2.35. The number of halogens is 6. The Bertz CT molecular complexity index is 576. The van der Waals surface area contributed by atoms with Crippen molar-refractivity contribution in [2.24, 2.45) is 5.92 Å². The molecule has 0 aliphatic heterocycles. The van der Waals surface area contributed by atoms with Crippen molar-refractivity contribution in [1.29, 1.82) is 0 Å². The average Bonchev–Trinajstić information content (AvgIpc) is 2.53. The van der Waals surface area contributed by atoms with Crippen molar-refractivity contribution in [3.05, 3.63) is 35.4 Å². The van der Waals surface area contributed by atoms with E-state index >= 15 is 0 Å². The van der Waals surface area contributed by atoms with Gasteiger partial charge < -0.3 is 4.74 Å². The van der Waals surface area contributed by atoms with Crippen molar-refractivity contribution < 1.29 is 22.7 Å². The number of ether oxygens (including phenoxy) is 1. The van der Waals surface area contributed by atoms with Gasteiger partial charge in [-0.3, -0.25) is 4.79 Å². The molecule has 0 spiro atoms. The highest BCUT2D eigenvalue weighted by atomic mass is 35.6. The molecule has 2 rings (SSSR count). The monoisotopic (exact) mass is 416 g/mol. The topological polar surface area (TPSA) is 26.3 Å². The third-order valence-corrected chi connectivity index (χ3v) is 4.68. The Balaban J connectivity index is 2.23. The van der Waals surface area contributed by atoms with E-state index in [-0.39, 0.29) is 5.92 Å². The molecule has 0 aromatic heterocycles. The summed E-state index contributed by atoms with van der Waals surface area (Å²) >= 11 is 16.8. The fraction of sp³-hybridized carbons (Fsp3) is 0.588. The number of alkyl halides is 6. The van der Waals surface area contributed by atoms with Crippen LogP contribution in [0.2, 0.25) is 0 Å². The van der Waals surface area contributed by atoms with Crippen LogP contribution in [0.5, 0.6) is 0 Å². The number of carbonyl (C=O) groups is 1. The summed E-state index contributed by atoms with van der Waals surface area (Å²) in [5, 5.41) is 0. The van der Waals surface area contributed by atoms with Gasteiger partial charge in [-0.25, -0.2) is 0 Å². The van der Waals surface area contributed by atoms with Crippen molar-refractivity contribution in [2.75, 3.05) is 6.61 Å². The quantitative estimate of drug-likeness (QED) is 0.425. The molecule has 140 valence electrons. The van der Waals surface area contributed by atoms with Crippen molar-refractivity contribution in [1.82, 2.24) is 0 Å². The SMILES string of the molecule is O=C(OCC(Cl)(Cl)Cl)C(c1ccc(C(F)(F)F)cc1)C1CCCCC1. The molecule has 2 nitrogen and oxygen atoms in total. The first kappa shape index (κ1) is 20.7. The second-order valence-electron chi connectivity index (χ2n) is 6.22. The smallest absolute Gasteiger partial charge is 0.416 e. The Hall–Kier alpha value is -0.650. The molecule has 0 radical (unpaired) electrons. The zero-order valence-corrected chi connectivity index (χ0v) is 15.6. The largest absolute Gasteiger partial charge is 0.461 e. The van der Waals surface area contributed by atoms with E-state index in [0.717, 1.165) is 44.2 Å². The predicted molar refractivity (Wildman–Crippen MR) is 92.0 cm³/mol. The molecule has 1 aliphatic rings. The third-order valence-electron chi connectivity index (χ3n) is 4.35. The van der Waals surface area contributed by atoms with E-state index in [1.807, 2.05) is 0 Å². The van der Waals surface area contributed by atoms with E-state index in [4.69, 9.17) is 39.5 Å². The van der Waals surface area contributed by atoms with Gasteiger partial charge in [0, 0.05) is 0 Å². The molecule has 0 amide bonds. The van der Waals surface area contributed by atoms with Gasteiger partial charge in [-0.05, 0) is 36.5 Å². The molecule has 1 atom stereocenters. The van der Waals surface area contributed by atoms with E-state index in [0.29, 0.717) is 5.56 Å². The zero-order valence-electron chi connectivity index (χ0n) is 13.3. The summed E-state index contributed by atoms with van der Waals surface area (Å²) in [4.78, 5) is 12.6. The molecular formula is C17H18Cl3F3O2. The standard InChI is InChI=1S/C17H18Cl3F3O2/c18-16(19,20)10-25-15(24)14(11-4-2-1-3-5-11)12-6-8-13(9-7-12)17(21,22)23/h6-9,11,14H,1-5,10H2. The summed E-state index contributed by atoms with van der Waals surface area (Å²) in [6, 6.07) is 4.62. The number of esters is 1. The van der Waals surface area contributed by atoms with E-state index in [9.17, 15) is 18.0 Å². The van der Waals surface area contributed by atoms with E-state index in [2.05, 4.69) is 0 Å². The van der Waals surface area contributed by atoms with Gasteiger partial charge in [0.2, 0.25) is 3.79 Å². The van der Waals surface area contributed by atoms with Gasteiger partial charge in [0.1, 0.15) is 6.61 Å². The lowest BCUT2D eigenvalue weighted by molar-refractivity contribution is -0.147. The van der Waals surface area contributed by atoms with Crippen molar-refractivity contribution in [2.45, 2.75) is 48.0 Å². The molecule has 1 unspecified atom stereocenters. The minimum atomic E-state index is -4.42. The maximum atomic E-state index is 12.8. The zero-order chi connectivity index (χ0) is 18.7. The van der Waals surface area contributed by atoms with Crippen LogP contribution in [0, 0.1) is 5.92 Å². The van der Waals surface area contributed by atoms with Crippen LogP contribution >= 0.6 is 34.8 Å². The Morgan fingerprint density at radius 1 is 1.08 bits per heavy atom. The molecule has 1 aromatic carbocycles. The van der Waals surface area contributed by atoms with Crippen LogP contribution in [-0.2, 0) is 15.7 Å². The fourth-order valence-corrected chi connectivity index (χ4v) is 3.35. The van der Waals surface area contributed by atoms with Gasteiger partial charge >= 0.3 is 12.1 Å². The summed E-state index contributed by atoms with van der Waals surface area (Å²) in [6.07, 6.45) is 0.233. The molecule has 8 heteroatoms. The molecule has 1 aliphatic carbocycles. The number of benzene rings is 1. The second kappa shape index (κ2) is 8.36. The second-order valence-corrected chi connectivity index (χ2v) is 8.73. The number of hydrogen-bond acceptors (Lipinski definition) is 2. The van der Waals surface area contributed by atoms with Crippen LogP contribution < -0.4 is 0 Å². The molecule has 0 N–H and O–H groups in total. The maximum absolute atomic E-state index is 12.8. The first-order valence-electron chi connectivity index (χ1n) is 7.98. The van der Waals surface area contributed by atoms with Gasteiger partial charge in [-0.2, -0.15) is 13.2 Å². The minimum absolute atomic E-state index is 0.00774. The Labute approximate surface area is 159 Å². The van der Waals surface area contributed by atoms with E-state index < -0.39 is 34.0 Å². The lowest BCUT2D eigenvalue weighted by atomic mass is 9.76. The Morgan fingerprint density at radius 2 is 1.64 bits per heavy atom. The van der Waals surface area contributed by atoms with Crippen molar-refractivity contribution in [3.63, 3.8) is 0 Å². The van der Waals surface area contributed by atoms with Crippen molar-refractivity contribution in [3.8, 4) is 0 Å². The highest BCUT2D eigenvalue weighted by molar-refractivity contribution is 6.67. The first-order valence-corrected chi connectivity index (χ1v) is 9.12. The molecule has 0 bridgehead atoms. The molecule has 1 fully saturated rings. The molecule has 25 heavy (non-hydrogen) atoms. The highest BCUT2D eigenvalue weighted by Crippen LogP contribution is 2.39. The van der Waals surface area contributed by atoms with Crippen LogP contribution in [0.4, 0.5) is 13.2 Å². The van der Waals surface area contributed by atoms with Gasteiger partial charge in [0.15, 0.2) is 0 Å². The molecular weight excluding hydrogens is 400 g/mol. The summed E-state index contributed by atoms with van der Waals surface area (Å²) in [5.41, 5.74) is -0.262. The lowest BCUT2D eigenvalue weighted by Crippen LogP contribution is -2.28. The van der Waals surface area contributed by atoms with Gasteiger partial charge in [0.25, 0.3) is 0 Å². The van der Waals surface area contributed by atoms with Crippen LogP contribution in [0.15, 0.2) is 24.3 Å². The Kier molecular flexibility index (Phi) is 6.91. The van der Waals surface area contributed by atoms with E-state index in [1.165, 1.54) is 12.1 Å². The molecule has 0 heterocycles. The van der Waals surface area contributed by atoms with Crippen LogP contribution in [0.1, 0.15) is 49.1 Å². The molecule has 0 saturated heterocycles. The molecule has 1 saturated carbocycles. The summed E-state index contributed by atoms with van der Waals surface area (Å²) in [7, 11) is 0. The number of rotatable bonds is 4. The summed E-state index contributed by atoms with van der Waals surface area (Å²) < 4.78 is 41.6. The number of carbonyl (C=O) groups excluding carboxylic acids is 1. The average molecular weight is 418 g/mol. The van der Waals surface area contributed by atoms with Gasteiger partial charge in [0.05, 0.1) is 11.5 Å². The van der Waals surface area contributed by atoms with E-state index in [1.54, 1.807) is 0 Å². The first-order chi connectivity index (χ1) is 11.6. The van der Waals surface area contributed by atoms with Gasteiger partial charge in [-0.1, -0.05) is 66.2 Å². The summed E-state index contributed by atoms with van der Waals surface area (Å²) in [5.74, 6) is -1.22.